The lowest BCUT2D eigenvalue weighted by Gasteiger charge is -2.26. The lowest BCUT2D eigenvalue weighted by atomic mass is 10.2. The second-order valence-electron chi connectivity index (χ2n) is 4.09. The zero-order valence-corrected chi connectivity index (χ0v) is 11.9. The van der Waals surface area contributed by atoms with E-state index in [1.54, 1.807) is 12.1 Å². The van der Waals surface area contributed by atoms with Gasteiger partial charge in [-0.1, -0.05) is 17.7 Å². The molecule has 1 aromatic carbocycles. The molecule has 0 saturated carbocycles. The maximum atomic E-state index is 11.2. The maximum Gasteiger partial charge on any atom is 0.262 e. The maximum absolute atomic E-state index is 11.2. The molecule has 4 nitrogen and oxygen atoms in total. The van der Waals surface area contributed by atoms with Crippen LogP contribution in [0.5, 0.6) is 0 Å². The largest absolute Gasteiger partial charge is 0.379 e. The van der Waals surface area contributed by atoms with Gasteiger partial charge in [0.2, 0.25) is 0 Å². The molecule has 0 aromatic heterocycles. The van der Waals surface area contributed by atoms with Gasteiger partial charge in [-0.2, -0.15) is 0 Å². The third-order valence-electron chi connectivity index (χ3n) is 2.77. The first-order valence-corrected chi connectivity index (χ1v) is 8.19. The number of nitrogens with zero attached hydrogens (tertiary/aromatic N) is 1. The Morgan fingerprint density at radius 1 is 1.28 bits per heavy atom. The van der Waals surface area contributed by atoms with Gasteiger partial charge in [0.15, 0.2) is 0 Å². The highest BCUT2D eigenvalue weighted by atomic mass is 35.7. The molecule has 1 aromatic rings. The van der Waals surface area contributed by atoms with Crippen molar-refractivity contribution in [2.24, 2.45) is 0 Å². The molecular weight excluding hydrogens is 297 g/mol. The summed E-state index contributed by atoms with van der Waals surface area (Å²) in [5.74, 6) is 0. The van der Waals surface area contributed by atoms with Crippen LogP contribution in [0, 0.1) is 0 Å². The van der Waals surface area contributed by atoms with Crippen molar-refractivity contribution < 1.29 is 13.2 Å². The van der Waals surface area contributed by atoms with Gasteiger partial charge in [0.05, 0.1) is 18.2 Å². The van der Waals surface area contributed by atoms with Crippen LogP contribution in [0.3, 0.4) is 0 Å². The van der Waals surface area contributed by atoms with Crippen molar-refractivity contribution in [2.45, 2.75) is 11.4 Å². The van der Waals surface area contributed by atoms with Crippen molar-refractivity contribution in [1.82, 2.24) is 4.90 Å². The molecule has 0 bridgehead atoms. The monoisotopic (exact) mass is 309 g/mol. The lowest BCUT2D eigenvalue weighted by Crippen LogP contribution is -2.35. The molecular formula is C11H13Cl2NO3S. The quantitative estimate of drug-likeness (QED) is 0.802. The molecule has 0 unspecified atom stereocenters. The van der Waals surface area contributed by atoms with Gasteiger partial charge in [-0.05, 0) is 17.7 Å². The van der Waals surface area contributed by atoms with E-state index in [9.17, 15) is 8.42 Å². The molecule has 1 saturated heterocycles. The van der Waals surface area contributed by atoms with Gasteiger partial charge >= 0.3 is 0 Å². The van der Waals surface area contributed by atoms with Crippen molar-refractivity contribution in [2.75, 3.05) is 26.3 Å². The molecule has 1 heterocycles. The van der Waals surface area contributed by atoms with E-state index in [4.69, 9.17) is 27.0 Å². The fourth-order valence-electron chi connectivity index (χ4n) is 1.86. The Balaban J connectivity index is 2.13. The normalized spacial score (nSPS) is 17.9. The summed E-state index contributed by atoms with van der Waals surface area (Å²) in [6, 6.07) is 4.82. The predicted molar refractivity (Wildman–Crippen MR) is 70.6 cm³/mol. The van der Waals surface area contributed by atoms with Crippen molar-refractivity contribution in [3.05, 3.63) is 28.8 Å². The van der Waals surface area contributed by atoms with Crippen LogP contribution >= 0.6 is 22.3 Å². The molecule has 1 fully saturated rings. The molecule has 18 heavy (non-hydrogen) atoms. The van der Waals surface area contributed by atoms with Gasteiger partial charge < -0.3 is 4.74 Å². The Labute approximate surface area is 116 Å². The van der Waals surface area contributed by atoms with Crippen LogP contribution < -0.4 is 0 Å². The highest BCUT2D eigenvalue weighted by Crippen LogP contribution is 2.26. The van der Waals surface area contributed by atoms with E-state index in [2.05, 4.69) is 4.90 Å². The Hall–Kier alpha value is -0.330. The summed E-state index contributed by atoms with van der Waals surface area (Å²) in [4.78, 5) is 2.18. The van der Waals surface area contributed by atoms with E-state index in [0.29, 0.717) is 0 Å². The first kappa shape index (κ1) is 14.1. The van der Waals surface area contributed by atoms with E-state index < -0.39 is 9.05 Å². The highest BCUT2D eigenvalue weighted by molar-refractivity contribution is 8.13. The van der Waals surface area contributed by atoms with E-state index in [1.807, 2.05) is 0 Å². The van der Waals surface area contributed by atoms with Gasteiger partial charge in [0.25, 0.3) is 9.05 Å². The Bertz CT molecular complexity index is 527. The Morgan fingerprint density at radius 3 is 2.50 bits per heavy atom. The van der Waals surface area contributed by atoms with Crippen LogP contribution in [0.2, 0.25) is 5.02 Å². The smallest absolute Gasteiger partial charge is 0.262 e. The van der Waals surface area contributed by atoms with Gasteiger partial charge in [0.1, 0.15) is 4.90 Å². The molecule has 0 amide bonds. The summed E-state index contributed by atoms with van der Waals surface area (Å²) >= 11 is 5.92. The molecule has 2 rings (SSSR count). The van der Waals surface area contributed by atoms with E-state index in [0.717, 1.165) is 38.4 Å². The highest BCUT2D eigenvalue weighted by Gasteiger charge is 2.16. The lowest BCUT2D eigenvalue weighted by molar-refractivity contribution is 0.0342. The van der Waals surface area contributed by atoms with Crippen LogP contribution in [-0.4, -0.2) is 39.6 Å². The molecule has 0 radical (unpaired) electrons. The van der Waals surface area contributed by atoms with Gasteiger partial charge in [-0.25, -0.2) is 8.42 Å². The van der Waals surface area contributed by atoms with Crippen LogP contribution in [0.4, 0.5) is 0 Å². The van der Waals surface area contributed by atoms with E-state index in [-0.39, 0.29) is 9.92 Å². The first-order chi connectivity index (χ1) is 8.47. The topological polar surface area (TPSA) is 46.6 Å². The molecule has 100 valence electrons. The number of halogens is 2. The minimum Gasteiger partial charge on any atom is -0.379 e. The summed E-state index contributed by atoms with van der Waals surface area (Å²) in [5.41, 5.74) is 0.964. The number of morpholine rings is 1. The zero-order chi connectivity index (χ0) is 13.2. The summed E-state index contributed by atoms with van der Waals surface area (Å²) in [7, 11) is 1.49. The third kappa shape index (κ3) is 3.59. The number of rotatable bonds is 3. The number of hydrogen-bond acceptors (Lipinski definition) is 4. The molecule has 0 spiro atoms. The Morgan fingerprint density at radius 2 is 1.94 bits per heavy atom. The number of ether oxygens (including phenoxy) is 1. The van der Waals surface area contributed by atoms with E-state index >= 15 is 0 Å². The van der Waals surface area contributed by atoms with Crippen molar-refractivity contribution in [3.8, 4) is 0 Å². The second-order valence-corrected chi connectivity index (χ2v) is 7.03. The van der Waals surface area contributed by atoms with Crippen molar-refractivity contribution >= 4 is 31.3 Å². The summed E-state index contributed by atoms with van der Waals surface area (Å²) in [5, 5.41) is 0.163. The molecule has 7 heteroatoms. The van der Waals surface area contributed by atoms with Crippen molar-refractivity contribution in [1.29, 1.82) is 0 Å². The zero-order valence-electron chi connectivity index (χ0n) is 9.60. The summed E-state index contributed by atoms with van der Waals surface area (Å²) < 4.78 is 27.7. The average molecular weight is 310 g/mol. The third-order valence-corrected chi connectivity index (χ3v) is 4.57. The van der Waals surface area contributed by atoms with Crippen LogP contribution in [0.1, 0.15) is 5.56 Å². The standard InChI is InChI=1S/C11H13Cl2NO3S/c12-10-7-9(1-2-11(10)18(13,15)16)8-14-3-5-17-6-4-14/h1-2,7H,3-6,8H2. The van der Waals surface area contributed by atoms with Gasteiger partial charge in [-0.3, -0.25) is 4.90 Å². The molecule has 1 aliphatic rings. The average Bonchev–Trinajstić information content (AvgIpc) is 2.28. The molecule has 0 N–H and O–H groups in total. The number of hydrogen-bond donors (Lipinski definition) is 0. The molecule has 1 aliphatic heterocycles. The number of benzene rings is 1. The Kier molecular flexibility index (Phi) is 4.50. The van der Waals surface area contributed by atoms with Gasteiger partial charge in [0, 0.05) is 30.3 Å². The van der Waals surface area contributed by atoms with Crippen LogP contribution in [-0.2, 0) is 20.3 Å². The molecule has 0 aliphatic carbocycles. The minimum absolute atomic E-state index is 0.0449. The first-order valence-electron chi connectivity index (χ1n) is 5.50. The van der Waals surface area contributed by atoms with Crippen molar-refractivity contribution in [3.63, 3.8) is 0 Å². The minimum atomic E-state index is -3.78. The SMILES string of the molecule is O=S(=O)(Cl)c1ccc(CN2CCOCC2)cc1Cl. The molecule has 0 atom stereocenters. The summed E-state index contributed by atoms with van der Waals surface area (Å²) in [6.07, 6.45) is 0. The summed E-state index contributed by atoms with van der Waals surface area (Å²) in [6.45, 7) is 3.91. The van der Waals surface area contributed by atoms with Gasteiger partial charge in [-0.15, -0.1) is 0 Å². The van der Waals surface area contributed by atoms with E-state index in [1.165, 1.54) is 6.07 Å². The predicted octanol–water partition coefficient (Wildman–Crippen LogP) is 2.10. The van der Waals surface area contributed by atoms with Crippen LogP contribution in [0.15, 0.2) is 23.1 Å². The fraction of sp³-hybridized carbons (Fsp3) is 0.455. The fourth-order valence-corrected chi connectivity index (χ4v) is 3.41. The van der Waals surface area contributed by atoms with Crippen LogP contribution in [0.25, 0.3) is 0 Å². The second kappa shape index (κ2) is 5.75.